The summed E-state index contributed by atoms with van der Waals surface area (Å²) in [7, 11) is 1.63. The molecule has 1 aromatic heterocycles. The van der Waals surface area contributed by atoms with Crippen molar-refractivity contribution < 1.29 is 14.3 Å². The predicted molar refractivity (Wildman–Crippen MR) is 112 cm³/mol. The number of nitrogens with zero attached hydrogens (tertiary/aromatic N) is 3. The molecule has 0 radical (unpaired) electrons. The van der Waals surface area contributed by atoms with E-state index in [2.05, 4.69) is 27.0 Å². The summed E-state index contributed by atoms with van der Waals surface area (Å²) < 4.78 is 7.41. The Kier molecular flexibility index (Phi) is 6.79. The number of carbonyl (C=O) groups excluding carboxylic acids is 2. The summed E-state index contributed by atoms with van der Waals surface area (Å²) in [6.07, 6.45) is 4.55. The van der Waals surface area contributed by atoms with E-state index < -0.39 is 17.2 Å². The third-order valence-electron chi connectivity index (χ3n) is 5.31. The number of amides is 3. The summed E-state index contributed by atoms with van der Waals surface area (Å²) in [5, 5.41) is 11.1. The van der Waals surface area contributed by atoms with Crippen molar-refractivity contribution in [3.05, 3.63) is 24.3 Å². The van der Waals surface area contributed by atoms with Gasteiger partial charge in [-0.2, -0.15) is 0 Å². The summed E-state index contributed by atoms with van der Waals surface area (Å²) in [5.41, 5.74) is 6.01. The monoisotopic (exact) mass is 417 g/mol. The van der Waals surface area contributed by atoms with E-state index in [4.69, 9.17) is 10.5 Å². The van der Waals surface area contributed by atoms with E-state index in [0.717, 1.165) is 36.4 Å². The third-order valence-corrected chi connectivity index (χ3v) is 6.37. The van der Waals surface area contributed by atoms with Crippen molar-refractivity contribution in [1.82, 2.24) is 20.1 Å². The van der Waals surface area contributed by atoms with Crippen LogP contribution in [0, 0.1) is 5.92 Å². The van der Waals surface area contributed by atoms with Gasteiger partial charge in [-0.15, -0.1) is 10.2 Å². The number of primary amides is 1. The van der Waals surface area contributed by atoms with Gasteiger partial charge in [-0.25, -0.2) is 4.79 Å². The third kappa shape index (κ3) is 4.90. The fraction of sp³-hybridized carbons (Fsp3) is 0.500. The molecule has 1 fully saturated rings. The van der Waals surface area contributed by atoms with Gasteiger partial charge >= 0.3 is 6.03 Å². The van der Waals surface area contributed by atoms with Crippen LogP contribution in [-0.4, -0.2) is 39.1 Å². The molecule has 29 heavy (non-hydrogen) atoms. The number of carbonyl (C=O) groups is 2. The largest absolute Gasteiger partial charge is 0.497 e. The lowest BCUT2D eigenvalue weighted by atomic mass is 9.85. The van der Waals surface area contributed by atoms with Gasteiger partial charge in [-0.05, 0) is 49.9 Å². The van der Waals surface area contributed by atoms with Crippen LogP contribution in [-0.2, 0) is 4.79 Å². The molecule has 1 saturated carbocycles. The van der Waals surface area contributed by atoms with Crippen LogP contribution < -0.4 is 15.8 Å². The highest BCUT2D eigenvalue weighted by Crippen LogP contribution is 2.39. The van der Waals surface area contributed by atoms with Crippen LogP contribution in [0.3, 0.4) is 0 Å². The number of urea groups is 1. The first kappa shape index (κ1) is 21.2. The van der Waals surface area contributed by atoms with Crippen LogP contribution in [0.5, 0.6) is 5.75 Å². The fourth-order valence-corrected chi connectivity index (χ4v) is 4.61. The lowest BCUT2D eigenvalue weighted by molar-refractivity contribution is -0.119. The topological polar surface area (TPSA) is 112 Å². The number of benzene rings is 1. The zero-order valence-electron chi connectivity index (χ0n) is 16.9. The molecule has 0 spiro atoms. The van der Waals surface area contributed by atoms with E-state index >= 15 is 0 Å². The number of ether oxygens (including phenoxy) is 1. The molecule has 0 saturated heterocycles. The molecule has 0 aliphatic heterocycles. The minimum atomic E-state index is -0.858. The van der Waals surface area contributed by atoms with Crippen molar-refractivity contribution in [3.63, 3.8) is 0 Å². The Morgan fingerprint density at radius 2 is 1.93 bits per heavy atom. The Morgan fingerprint density at radius 1 is 1.24 bits per heavy atom. The van der Waals surface area contributed by atoms with Crippen LogP contribution >= 0.6 is 11.8 Å². The zero-order valence-corrected chi connectivity index (χ0v) is 17.7. The van der Waals surface area contributed by atoms with Crippen LogP contribution in [0.4, 0.5) is 4.79 Å². The molecule has 0 bridgehead atoms. The van der Waals surface area contributed by atoms with Gasteiger partial charge in [0.1, 0.15) is 5.75 Å². The number of thioether (sulfide) groups is 1. The van der Waals surface area contributed by atoms with Crippen LogP contribution in [0.25, 0.3) is 11.4 Å². The van der Waals surface area contributed by atoms with Gasteiger partial charge in [0.2, 0.25) is 5.91 Å². The molecule has 2 aromatic rings. The van der Waals surface area contributed by atoms with E-state index in [1.807, 2.05) is 24.3 Å². The number of nitrogens with two attached hydrogens (primary N) is 1. The van der Waals surface area contributed by atoms with E-state index in [1.165, 1.54) is 18.2 Å². The van der Waals surface area contributed by atoms with E-state index in [-0.39, 0.29) is 6.04 Å². The molecule has 8 nitrogen and oxygen atoms in total. The standard InChI is InChI=1S/C20H27N5O3S/c1-12-6-4-5-7-16(12)25-17(14-8-10-15(28-3)11-9-14)23-24-20(25)29-13(2)18(26)22-19(21)27/h8-13,16H,4-7H2,1-3H3,(H3,21,22,26,27)/t12-,13-,16+/m0/s1. The normalized spacial score (nSPS) is 20.1. The van der Waals surface area contributed by atoms with Crippen LogP contribution in [0.2, 0.25) is 0 Å². The highest BCUT2D eigenvalue weighted by atomic mass is 32.2. The van der Waals surface area contributed by atoms with Crippen LogP contribution in [0.1, 0.15) is 45.6 Å². The number of aromatic nitrogens is 3. The zero-order chi connectivity index (χ0) is 21.0. The fourth-order valence-electron chi connectivity index (χ4n) is 3.71. The summed E-state index contributed by atoms with van der Waals surface area (Å²) >= 11 is 1.28. The molecule has 1 aliphatic carbocycles. The number of methoxy groups -OCH3 is 1. The van der Waals surface area contributed by atoms with Gasteiger partial charge < -0.3 is 10.5 Å². The SMILES string of the molecule is COc1ccc(-c2nnc(S[C@@H](C)C(=O)NC(N)=O)n2[C@@H]2CCCC[C@@H]2C)cc1. The van der Waals surface area contributed by atoms with Gasteiger partial charge in [0.05, 0.1) is 12.4 Å². The molecule has 1 heterocycles. The van der Waals surface area contributed by atoms with Gasteiger partial charge in [0.25, 0.3) is 0 Å². The quantitative estimate of drug-likeness (QED) is 0.697. The second-order valence-electron chi connectivity index (χ2n) is 7.35. The number of nitrogens with one attached hydrogen (secondary N) is 1. The maximum absolute atomic E-state index is 12.2. The van der Waals surface area contributed by atoms with Gasteiger partial charge in [0.15, 0.2) is 11.0 Å². The van der Waals surface area contributed by atoms with E-state index in [0.29, 0.717) is 11.1 Å². The Bertz CT molecular complexity index is 868. The Labute approximate surface area is 174 Å². The lowest BCUT2D eigenvalue weighted by Crippen LogP contribution is -2.39. The smallest absolute Gasteiger partial charge is 0.318 e. The number of hydrogen-bond acceptors (Lipinski definition) is 6. The number of rotatable bonds is 6. The molecule has 0 unspecified atom stereocenters. The predicted octanol–water partition coefficient (Wildman–Crippen LogP) is 3.38. The molecule has 3 atom stereocenters. The maximum Gasteiger partial charge on any atom is 0.318 e. The average Bonchev–Trinajstić information content (AvgIpc) is 3.11. The van der Waals surface area contributed by atoms with Gasteiger partial charge in [-0.1, -0.05) is 31.5 Å². The number of imide groups is 1. The van der Waals surface area contributed by atoms with Crippen molar-refractivity contribution in [2.24, 2.45) is 11.7 Å². The summed E-state index contributed by atoms with van der Waals surface area (Å²) in [6, 6.07) is 7.12. The summed E-state index contributed by atoms with van der Waals surface area (Å²) in [4.78, 5) is 23.2. The average molecular weight is 418 g/mol. The van der Waals surface area contributed by atoms with Crippen molar-refractivity contribution in [2.75, 3.05) is 7.11 Å². The Balaban J connectivity index is 1.96. The first-order chi connectivity index (χ1) is 13.9. The van der Waals surface area contributed by atoms with E-state index in [9.17, 15) is 9.59 Å². The molecule has 156 valence electrons. The minimum absolute atomic E-state index is 0.254. The van der Waals surface area contributed by atoms with Crippen molar-refractivity contribution in [3.8, 4) is 17.1 Å². The van der Waals surface area contributed by atoms with Gasteiger partial charge in [0, 0.05) is 11.6 Å². The maximum atomic E-state index is 12.2. The molecular weight excluding hydrogens is 390 g/mol. The first-order valence-corrected chi connectivity index (χ1v) is 10.6. The first-order valence-electron chi connectivity index (χ1n) is 9.77. The minimum Gasteiger partial charge on any atom is -0.497 e. The second kappa shape index (κ2) is 9.30. The molecular formula is C20H27N5O3S. The van der Waals surface area contributed by atoms with Crippen molar-refractivity contribution >= 4 is 23.7 Å². The summed E-state index contributed by atoms with van der Waals surface area (Å²) in [6.45, 7) is 3.97. The second-order valence-corrected chi connectivity index (χ2v) is 8.66. The highest BCUT2D eigenvalue weighted by molar-refractivity contribution is 8.00. The Hall–Kier alpha value is -2.55. The lowest BCUT2D eigenvalue weighted by Gasteiger charge is -2.31. The number of hydrogen-bond donors (Lipinski definition) is 2. The molecule has 3 rings (SSSR count). The van der Waals surface area contributed by atoms with Crippen molar-refractivity contribution in [1.29, 1.82) is 0 Å². The molecule has 3 N–H and O–H groups in total. The molecule has 1 aromatic carbocycles. The Morgan fingerprint density at radius 3 is 2.55 bits per heavy atom. The van der Waals surface area contributed by atoms with Crippen LogP contribution in [0.15, 0.2) is 29.4 Å². The molecule has 9 heteroatoms. The highest BCUT2D eigenvalue weighted by Gasteiger charge is 2.30. The van der Waals surface area contributed by atoms with Gasteiger partial charge in [-0.3, -0.25) is 14.7 Å². The summed E-state index contributed by atoms with van der Waals surface area (Å²) in [5.74, 6) is 1.58. The molecule has 1 aliphatic rings. The van der Waals surface area contributed by atoms with Crippen molar-refractivity contribution in [2.45, 2.75) is 56.0 Å². The van der Waals surface area contributed by atoms with E-state index in [1.54, 1.807) is 14.0 Å². The molecule has 3 amide bonds.